The van der Waals surface area contributed by atoms with E-state index in [1.54, 1.807) is 6.07 Å². The molecule has 3 heterocycles. The first-order valence-electron chi connectivity index (χ1n) is 9.43. The average molecular weight is 407 g/mol. The number of aromatic nitrogens is 2. The van der Waals surface area contributed by atoms with Crippen LogP contribution in [0.25, 0.3) is 26.9 Å². The van der Waals surface area contributed by atoms with E-state index in [0.29, 0.717) is 11.4 Å². The minimum absolute atomic E-state index is 0.228. The maximum absolute atomic E-state index is 12.2. The summed E-state index contributed by atoms with van der Waals surface area (Å²) in [7, 11) is -0.0488. The van der Waals surface area contributed by atoms with Crippen molar-refractivity contribution < 1.29 is 8.42 Å². The molecule has 0 bridgehead atoms. The molecule has 0 amide bonds. The minimum Gasteiger partial charge on any atom is -0.369 e. The summed E-state index contributed by atoms with van der Waals surface area (Å²) in [5.74, 6) is 0.964. The molecule has 0 radical (unpaired) electrons. The summed E-state index contributed by atoms with van der Waals surface area (Å²) in [6.45, 7) is 8.43. The zero-order valence-corrected chi connectivity index (χ0v) is 17.3. The second-order valence-electron chi connectivity index (χ2n) is 8.11. The predicted octanol–water partition coefficient (Wildman–Crippen LogP) is 3.64. The lowest BCUT2D eigenvalue weighted by Crippen LogP contribution is -2.25. The molecule has 5 rings (SSSR count). The van der Waals surface area contributed by atoms with Crippen LogP contribution in [0.3, 0.4) is 0 Å². The lowest BCUT2D eigenvalue weighted by molar-refractivity contribution is 0.600. The summed E-state index contributed by atoms with van der Waals surface area (Å²) in [4.78, 5) is 8.21. The van der Waals surface area contributed by atoms with E-state index in [2.05, 4.69) is 21.2 Å². The smallest absolute Gasteiger partial charge is 0.232 e. The Labute approximate surface area is 169 Å². The standard InChI is InChI=1S/C21H21N5O2S/c1-22-14-8-15-16(11-25(2)19(15)18(9-14)26(3)29(4,27)28)13-7-17-20(23-10-13)24-12-21(17)5-6-21/h7-11H,5-6,12H2,2-4H3,(H,23,24). The van der Waals surface area contributed by atoms with Crippen LogP contribution in [0.5, 0.6) is 0 Å². The van der Waals surface area contributed by atoms with E-state index in [-0.39, 0.29) is 5.41 Å². The van der Waals surface area contributed by atoms with Gasteiger partial charge in [0.05, 0.1) is 24.0 Å². The molecule has 29 heavy (non-hydrogen) atoms. The summed E-state index contributed by atoms with van der Waals surface area (Å²) >= 11 is 0. The molecular formula is C21H21N5O2S. The molecule has 1 fully saturated rings. The third kappa shape index (κ3) is 2.61. The topological polar surface area (TPSA) is 71.6 Å². The Morgan fingerprint density at radius 3 is 2.72 bits per heavy atom. The van der Waals surface area contributed by atoms with Crippen molar-refractivity contribution in [2.75, 3.05) is 29.5 Å². The number of anilines is 2. The molecule has 1 spiro atoms. The fraction of sp³-hybridized carbons (Fsp3) is 0.333. The van der Waals surface area contributed by atoms with Gasteiger partial charge in [-0.2, -0.15) is 0 Å². The molecule has 1 N–H and O–H groups in total. The van der Waals surface area contributed by atoms with E-state index in [1.807, 2.05) is 30.1 Å². The van der Waals surface area contributed by atoms with E-state index in [4.69, 9.17) is 6.57 Å². The van der Waals surface area contributed by atoms with E-state index >= 15 is 0 Å². The number of nitrogens with one attached hydrogen (secondary N) is 1. The first kappa shape index (κ1) is 18.0. The fourth-order valence-electron chi connectivity index (χ4n) is 4.32. The first-order chi connectivity index (χ1) is 13.7. The summed E-state index contributed by atoms with van der Waals surface area (Å²) in [6.07, 6.45) is 7.37. The third-order valence-corrected chi connectivity index (χ3v) is 7.42. The van der Waals surface area contributed by atoms with Gasteiger partial charge in [-0.3, -0.25) is 4.31 Å². The largest absolute Gasteiger partial charge is 0.369 e. The Balaban J connectivity index is 1.76. The van der Waals surface area contributed by atoms with Gasteiger partial charge in [0.15, 0.2) is 5.69 Å². The third-order valence-electron chi connectivity index (χ3n) is 6.22. The van der Waals surface area contributed by atoms with Crippen LogP contribution >= 0.6 is 0 Å². The second kappa shape index (κ2) is 5.74. The lowest BCUT2D eigenvalue weighted by atomic mass is 9.96. The molecule has 0 atom stereocenters. The molecule has 0 unspecified atom stereocenters. The van der Waals surface area contributed by atoms with Crippen LogP contribution in [0.15, 0.2) is 30.6 Å². The average Bonchev–Trinajstić information content (AvgIpc) is 3.29. The zero-order valence-electron chi connectivity index (χ0n) is 16.5. The number of hydrogen-bond donors (Lipinski definition) is 1. The Hall–Kier alpha value is -3.05. The summed E-state index contributed by atoms with van der Waals surface area (Å²) in [5.41, 5.74) is 5.12. The molecule has 148 valence electrons. The van der Waals surface area contributed by atoms with Crippen LogP contribution < -0.4 is 9.62 Å². The van der Waals surface area contributed by atoms with E-state index < -0.39 is 10.0 Å². The molecule has 1 aliphatic carbocycles. The molecule has 8 heteroatoms. The SMILES string of the molecule is [C-]#[N+]c1cc(N(C)S(C)(=O)=O)c2c(c1)c(-c1cnc3c(c1)C1(CC1)CN3)cn2C. The molecule has 1 aliphatic heterocycles. The highest BCUT2D eigenvalue weighted by Gasteiger charge is 2.49. The Morgan fingerprint density at radius 2 is 2.07 bits per heavy atom. The van der Waals surface area contributed by atoms with Gasteiger partial charge in [0.2, 0.25) is 10.0 Å². The number of aryl methyl sites for hydroxylation is 1. The first-order valence-corrected chi connectivity index (χ1v) is 11.3. The molecule has 3 aromatic rings. The highest BCUT2D eigenvalue weighted by molar-refractivity contribution is 7.92. The van der Waals surface area contributed by atoms with Crippen LogP contribution in [-0.4, -0.2) is 37.8 Å². The Kier molecular flexibility index (Phi) is 3.56. The summed E-state index contributed by atoms with van der Waals surface area (Å²) < 4.78 is 27.5. The van der Waals surface area contributed by atoms with Gasteiger partial charge < -0.3 is 9.88 Å². The van der Waals surface area contributed by atoms with Gasteiger partial charge in [-0.25, -0.2) is 18.2 Å². The predicted molar refractivity (Wildman–Crippen MR) is 115 cm³/mol. The van der Waals surface area contributed by atoms with Crippen molar-refractivity contribution in [1.82, 2.24) is 9.55 Å². The summed E-state index contributed by atoms with van der Waals surface area (Å²) in [5, 5.41) is 4.25. The quantitative estimate of drug-likeness (QED) is 0.673. The molecule has 2 aliphatic rings. The number of nitrogens with zero attached hydrogens (tertiary/aromatic N) is 4. The van der Waals surface area contributed by atoms with Crippen LogP contribution in [0.4, 0.5) is 17.2 Å². The van der Waals surface area contributed by atoms with Crippen molar-refractivity contribution in [3.63, 3.8) is 0 Å². The molecule has 0 saturated heterocycles. The van der Waals surface area contributed by atoms with Crippen LogP contribution in [0.2, 0.25) is 0 Å². The van der Waals surface area contributed by atoms with Gasteiger partial charge >= 0.3 is 0 Å². The molecule has 2 aromatic heterocycles. The van der Waals surface area contributed by atoms with Gasteiger partial charge in [0.1, 0.15) is 5.82 Å². The maximum Gasteiger partial charge on any atom is 0.232 e. The normalized spacial score (nSPS) is 16.5. The monoisotopic (exact) mass is 407 g/mol. The van der Waals surface area contributed by atoms with Crippen molar-refractivity contribution >= 4 is 38.1 Å². The highest BCUT2D eigenvalue weighted by Crippen LogP contribution is 2.54. The van der Waals surface area contributed by atoms with Crippen molar-refractivity contribution in [1.29, 1.82) is 0 Å². The minimum atomic E-state index is -3.46. The van der Waals surface area contributed by atoms with Gasteiger partial charge in [0, 0.05) is 55.1 Å². The van der Waals surface area contributed by atoms with E-state index in [1.165, 1.54) is 36.0 Å². The molecular weight excluding hydrogens is 386 g/mol. The van der Waals surface area contributed by atoms with Crippen molar-refractivity contribution in [3.8, 4) is 11.1 Å². The van der Waals surface area contributed by atoms with Crippen LogP contribution in [-0.2, 0) is 22.5 Å². The van der Waals surface area contributed by atoms with E-state index in [9.17, 15) is 8.42 Å². The van der Waals surface area contributed by atoms with Gasteiger partial charge in [0.25, 0.3) is 0 Å². The zero-order chi connectivity index (χ0) is 20.6. The van der Waals surface area contributed by atoms with Crippen molar-refractivity contribution in [2.24, 2.45) is 7.05 Å². The number of benzene rings is 1. The number of pyridine rings is 1. The molecule has 1 saturated carbocycles. The van der Waals surface area contributed by atoms with Gasteiger partial charge in [-0.15, -0.1) is 0 Å². The fourth-order valence-corrected chi connectivity index (χ4v) is 4.82. The van der Waals surface area contributed by atoms with Crippen LogP contribution in [0.1, 0.15) is 18.4 Å². The van der Waals surface area contributed by atoms with Gasteiger partial charge in [-0.05, 0) is 36.4 Å². The summed E-state index contributed by atoms with van der Waals surface area (Å²) in [6, 6.07) is 5.66. The number of sulfonamides is 1. The lowest BCUT2D eigenvalue weighted by Gasteiger charge is -2.19. The maximum atomic E-state index is 12.2. The number of fused-ring (bicyclic) bond motifs is 3. The molecule has 1 aromatic carbocycles. The number of hydrogen-bond acceptors (Lipinski definition) is 4. The van der Waals surface area contributed by atoms with Gasteiger partial charge in [-0.1, -0.05) is 0 Å². The Bertz CT molecular complexity index is 1330. The van der Waals surface area contributed by atoms with E-state index in [0.717, 1.165) is 34.4 Å². The molecule has 7 nitrogen and oxygen atoms in total. The van der Waals surface area contributed by atoms with Crippen LogP contribution in [0, 0.1) is 6.57 Å². The highest BCUT2D eigenvalue weighted by atomic mass is 32.2. The van der Waals surface area contributed by atoms with Crippen molar-refractivity contribution in [3.05, 3.63) is 47.6 Å². The second-order valence-corrected chi connectivity index (χ2v) is 10.1. The Morgan fingerprint density at radius 1 is 1.31 bits per heavy atom. The van der Waals surface area contributed by atoms with Crippen molar-refractivity contribution in [2.45, 2.75) is 18.3 Å². The number of rotatable bonds is 3.